The van der Waals surface area contributed by atoms with Crippen molar-refractivity contribution in [3.8, 4) is 5.88 Å². The van der Waals surface area contributed by atoms with Gasteiger partial charge in [-0.1, -0.05) is 36.4 Å². The Morgan fingerprint density at radius 2 is 1.89 bits per heavy atom. The Hall–Kier alpha value is -2.64. The lowest BCUT2D eigenvalue weighted by Gasteiger charge is -2.25. The predicted molar refractivity (Wildman–Crippen MR) is 105 cm³/mol. The Morgan fingerprint density at radius 1 is 1.11 bits per heavy atom. The summed E-state index contributed by atoms with van der Waals surface area (Å²) >= 11 is 0. The third-order valence-electron chi connectivity index (χ3n) is 4.05. The van der Waals surface area contributed by atoms with E-state index in [1.165, 1.54) is 0 Å². The topological polar surface area (TPSA) is 75.7 Å². The minimum absolute atomic E-state index is 0.113. The molecule has 0 spiro atoms. The normalized spacial score (nSPS) is 11.9. The first-order valence-electron chi connectivity index (χ1n) is 8.90. The highest BCUT2D eigenvalue weighted by atomic mass is 16.5. The largest absolute Gasteiger partial charge is 0.475 e. The van der Waals surface area contributed by atoms with Gasteiger partial charge in [0.1, 0.15) is 6.61 Å². The van der Waals surface area contributed by atoms with Crippen molar-refractivity contribution >= 4 is 6.03 Å². The fourth-order valence-corrected chi connectivity index (χ4v) is 2.54. The Labute approximate surface area is 160 Å². The summed E-state index contributed by atoms with van der Waals surface area (Å²) in [5, 5.41) is 5.77. The molecule has 146 valence electrons. The minimum Gasteiger partial charge on any atom is -0.475 e. The van der Waals surface area contributed by atoms with Crippen molar-refractivity contribution in [2.45, 2.75) is 12.6 Å². The van der Waals surface area contributed by atoms with Crippen LogP contribution in [0.2, 0.25) is 0 Å². The molecule has 0 fully saturated rings. The fourth-order valence-electron chi connectivity index (χ4n) is 2.54. The maximum Gasteiger partial charge on any atom is 0.315 e. The van der Waals surface area contributed by atoms with Crippen LogP contribution in [0.1, 0.15) is 17.2 Å². The lowest BCUT2D eigenvalue weighted by molar-refractivity contribution is 0.143. The van der Waals surface area contributed by atoms with E-state index in [1.807, 2.05) is 38.4 Å². The van der Waals surface area contributed by atoms with E-state index in [0.717, 1.165) is 11.1 Å². The summed E-state index contributed by atoms with van der Waals surface area (Å²) in [5.74, 6) is 0.539. The number of urea groups is 1. The lowest BCUT2D eigenvalue weighted by Crippen LogP contribution is -2.40. The van der Waals surface area contributed by atoms with Crippen molar-refractivity contribution in [2.24, 2.45) is 0 Å². The van der Waals surface area contributed by atoms with Crippen LogP contribution >= 0.6 is 0 Å². The molecule has 1 unspecified atom stereocenters. The number of aromatic nitrogens is 1. The molecule has 0 saturated carbocycles. The number of hydrogen-bond acceptors (Lipinski definition) is 5. The quantitative estimate of drug-likeness (QED) is 0.626. The van der Waals surface area contributed by atoms with Gasteiger partial charge in [-0.05, 0) is 25.2 Å². The molecular formula is C20H28N4O3. The molecule has 0 aliphatic rings. The second-order valence-electron chi connectivity index (χ2n) is 6.30. The number of amides is 2. The monoisotopic (exact) mass is 372 g/mol. The lowest BCUT2D eigenvalue weighted by atomic mass is 10.1. The van der Waals surface area contributed by atoms with Gasteiger partial charge in [-0.2, -0.15) is 0 Å². The number of pyridine rings is 1. The predicted octanol–water partition coefficient (Wildman–Crippen LogP) is 2.21. The van der Waals surface area contributed by atoms with E-state index < -0.39 is 0 Å². The molecule has 1 atom stereocenters. The first kappa shape index (κ1) is 20.7. The van der Waals surface area contributed by atoms with Crippen molar-refractivity contribution in [3.05, 3.63) is 59.8 Å². The number of methoxy groups -OCH3 is 1. The van der Waals surface area contributed by atoms with Gasteiger partial charge in [0, 0.05) is 32.5 Å². The van der Waals surface area contributed by atoms with E-state index in [0.29, 0.717) is 32.2 Å². The van der Waals surface area contributed by atoms with E-state index in [2.05, 4.69) is 32.7 Å². The molecule has 27 heavy (non-hydrogen) atoms. The summed E-state index contributed by atoms with van der Waals surface area (Å²) in [4.78, 5) is 18.4. The standard InChI is InChI=1S/C20H28N4O3/c1-24(2)18(17-7-5-4-6-8-17)15-23-20(25)22-14-16-9-10-19(21-13-16)27-12-11-26-3/h4-10,13,18H,11-12,14-15H2,1-3H3,(H2,22,23,25). The van der Waals surface area contributed by atoms with Crippen LogP contribution in [-0.2, 0) is 11.3 Å². The summed E-state index contributed by atoms with van der Waals surface area (Å²) in [5.41, 5.74) is 2.06. The van der Waals surface area contributed by atoms with Crippen molar-refractivity contribution in [1.29, 1.82) is 0 Å². The van der Waals surface area contributed by atoms with Crippen LogP contribution in [0.4, 0.5) is 4.79 Å². The average molecular weight is 372 g/mol. The van der Waals surface area contributed by atoms with Gasteiger partial charge >= 0.3 is 6.03 Å². The van der Waals surface area contributed by atoms with Gasteiger partial charge in [0.15, 0.2) is 0 Å². The molecule has 2 rings (SSSR count). The van der Waals surface area contributed by atoms with E-state index in [1.54, 1.807) is 19.4 Å². The number of benzene rings is 1. The maximum absolute atomic E-state index is 12.1. The number of nitrogens with one attached hydrogen (secondary N) is 2. The number of ether oxygens (including phenoxy) is 2. The zero-order valence-corrected chi connectivity index (χ0v) is 16.1. The highest BCUT2D eigenvalue weighted by molar-refractivity contribution is 5.73. The molecule has 2 N–H and O–H groups in total. The second-order valence-corrected chi connectivity index (χ2v) is 6.30. The van der Waals surface area contributed by atoms with Crippen LogP contribution in [0.5, 0.6) is 5.88 Å². The zero-order valence-electron chi connectivity index (χ0n) is 16.1. The summed E-state index contributed by atoms with van der Waals surface area (Å²) in [7, 11) is 5.62. The number of carbonyl (C=O) groups excluding carboxylic acids is 1. The number of hydrogen-bond donors (Lipinski definition) is 2. The molecule has 0 saturated heterocycles. The molecule has 1 aromatic heterocycles. The maximum atomic E-state index is 12.1. The molecule has 0 aliphatic carbocycles. The Balaban J connectivity index is 1.76. The van der Waals surface area contributed by atoms with Crippen LogP contribution in [0.15, 0.2) is 48.7 Å². The number of rotatable bonds is 10. The van der Waals surface area contributed by atoms with Gasteiger partial charge in [0.05, 0.1) is 12.6 Å². The van der Waals surface area contributed by atoms with Crippen LogP contribution in [0.25, 0.3) is 0 Å². The van der Waals surface area contributed by atoms with Gasteiger partial charge in [0.25, 0.3) is 0 Å². The van der Waals surface area contributed by atoms with Crippen molar-refractivity contribution in [2.75, 3.05) is 41.0 Å². The highest BCUT2D eigenvalue weighted by Crippen LogP contribution is 2.16. The molecule has 1 heterocycles. The zero-order chi connectivity index (χ0) is 19.5. The van der Waals surface area contributed by atoms with Crippen molar-refractivity contribution < 1.29 is 14.3 Å². The van der Waals surface area contributed by atoms with Gasteiger partial charge in [0.2, 0.25) is 5.88 Å². The van der Waals surface area contributed by atoms with E-state index in [9.17, 15) is 4.79 Å². The van der Waals surface area contributed by atoms with Gasteiger partial charge < -0.3 is 25.0 Å². The van der Waals surface area contributed by atoms with Crippen LogP contribution in [0, 0.1) is 0 Å². The Kier molecular flexibility index (Phi) is 8.54. The number of nitrogens with zero attached hydrogens (tertiary/aromatic N) is 2. The van der Waals surface area contributed by atoms with Gasteiger partial charge in [-0.3, -0.25) is 0 Å². The smallest absolute Gasteiger partial charge is 0.315 e. The van der Waals surface area contributed by atoms with Crippen molar-refractivity contribution in [1.82, 2.24) is 20.5 Å². The molecule has 2 amide bonds. The Morgan fingerprint density at radius 3 is 2.52 bits per heavy atom. The SMILES string of the molecule is COCCOc1ccc(CNC(=O)NCC(c2ccccc2)N(C)C)cn1. The van der Waals surface area contributed by atoms with Gasteiger partial charge in [-0.25, -0.2) is 9.78 Å². The molecular weight excluding hydrogens is 344 g/mol. The molecule has 0 aliphatic heterocycles. The molecule has 0 bridgehead atoms. The first-order chi connectivity index (χ1) is 13.1. The fraction of sp³-hybridized carbons (Fsp3) is 0.400. The molecule has 2 aromatic rings. The van der Waals surface area contributed by atoms with Crippen LogP contribution in [0.3, 0.4) is 0 Å². The second kappa shape index (κ2) is 11.2. The molecule has 1 aromatic carbocycles. The minimum atomic E-state index is -0.210. The molecule has 7 heteroatoms. The summed E-state index contributed by atoms with van der Waals surface area (Å²) in [6.07, 6.45) is 1.69. The van der Waals surface area contributed by atoms with E-state index in [4.69, 9.17) is 9.47 Å². The number of likely N-dealkylation sites (N-methyl/N-ethyl adjacent to an activating group) is 1. The van der Waals surface area contributed by atoms with E-state index >= 15 is 0 Å². The third kappa shape index (κ3) is 7.24. The molecule has 7 nitrogen and oxygen atoms in total. The number of carbonyl (C=O) groups is 1. The third-order valence-corrected chi connectivity index (χ3v) is 4.05. The summed E-state index contributed by atoms with van der Waals surface area (Å²) in [6.45, 7) is 1.89. The Bertz CT molecular complexity index is 677. The van der Waals surface area contributed by atoms with Crippen molar-refractivity contribution in [3.63, 3.8) is 0 Å². The van der Waals surface area contributed by atoms with Crippen LogP contribution in [-0.4, -0.2) is 56.9 Å². The first-order valence-corrected chi connectivity index (χ1v) is 8.90. The highest BCUT2D eigenvalue weighted by Gasteiger charge is 2.14. The summed E-state index contributed by atoms with van der Waals surface area (Å²) in [6, 6.07) is 13.7. The molecule has 0 radical (unpaired) electrons. The summed E-state index contributed by atoms with van der Waals surface area (Å²) < 4.78 is 10.3. The van der Waals surface area contributed by atoms with Gasteiger partial charge in [-0.15, -0.1) is 0 Å². The van der Waals surface area contributed by atoms with E-state index in [-0.39, 0.29) is 12.1 Å². The average Bonchev–Trinajstić information content (AvgIpc) is 2.68. The van der Waals surface area contributed by atoms with Crippen LogP contribution < -0.4 is 15.4 Å².